The zero-order valence-electron chi connectivity index (χ0n) is 10.5. The van der Waals surface area contributed by atoms with Crippen LogP contribution in [0.4, 0.5) is 11.6 Å². The number of hydrogen-bond donors (Lipinski definition) is 1. The van der Waals surface area contributed by atoms with Crippen molar-refractivity contribution in [1.82, 2.24) is 14.5 Å². The number of anilines is 1. The van der Waals surface area contributed by atoms with Crippen LogP contribution in [-0.2, 0) is 13.6 Å². The maximum absolute atomic E-state index is 10.8. The number of imidazole rings is 1. The first-order chi connectivity index (χ1) is 9.13. The Hall–Kier alpha value is -2.64. The van der Waals surface area contributed by atoms with Gasteiger partial charge in [0.05, 0.1) is 7.11 Å². The largest absolute Gasteiger partial charge is 0.481 e. The van der Waals surface area contributed by atoms with Gasteiger partial charge in [-0.15, -0.1) is 0 Å². The lowest BCUT2D eigenvalue weighted by Crippen LogP contribution is -2.07. The summed E-state index contributed by atoms with van der Waals surface area (Å²) in [4.78, 5) is 18.1. The van der Waals surface area contributed by atoms with Gasteiger partial charge in [-0.2, -0.15) is 0 Å². The molecular formula is C11H13N5O3. The standard InChI is InChI=1S/C11H13N5O3/c1-15-7-14-10(16(17)18)9(15)13-6-8-4-3-5-12-11(8)19-2/h3-5,7,13H,6H2,1-2H3. The molecule has 2 heterocycles. The summed E-state index contributed by atoms with van der Waals surface area (Å²) in [5.74, 6) is 0.626. The van der Waals surface area contributed by atoms with E-state index < -0.39 is 4.92 Å². The minimum atomic E-state index is -0.525. The van der Waals surface area contributed by atoms with Crippen molar-refractivity contribution in [3.05, 3.63) is 40.3 Å². The topological polar surface area (TPSA) is 95.1 Å². The molecule has 0 aliphatic rings. The van der Waals surface area contributed by atoms with Crippen LogP contribution in [0, 0.1) is 10.1 Å². The Kier molecular flexibility index (Phi) is 3.60. The number of ether oxygens (including phenoxy) is 1. The molecule has 0 spiro atoms. The minimum Gasteiger partial charge on any atom is -0.481 e. The molecule has 1 N–H and O–H groups in total. The second kappa shape index (κ2) is 5.34. The molecule has 0 amide bonds. The Balaban J connectivity index is 2.19. The minimum absolute atomic E-state index is 0.203. The molecule has 0 atom stereocenters. The Morgan fingerprint density at radius 1 is 1.53 bits per heavy atom. The molecule has 8 nitrogen and oxygen atoms in total. The van der Waals surface area contributed by atoms with Crippen LogP contribution in [0.25, 0.3) is 0 Å². The monoisotopic (exact) mass is 263 g/mol. The molecule has 100 valence electrons. The molecule has 19 heavy (non-hydrogen) atoms. The van der Waals surface area contributed by atoms with E-state index in [9.17, 15) is 10.1 Å². The van der Waals surface area contributed by atoms with Crippen molar-refractivity contribution in [1.29, 1.82) is 0 Å². The predicted octanol–water partition coefficient (Wildman–Crippen LogP) is 1.34. The molecule has 0 aromatic carbocycles. The molecule has 2 rings (SSSR count). The number of rotatable bonds is 5. The lowest BCUT2D eigenvalue weighted by Gasteiger charge is -2.09. The van der Waals surface area contributed by atoms with Crippen LogP contribution < -0.4 is 10.1 Å². The van der Waals surface area contributed by atoms with Crippen LogP contribution in [0.2, 0.25) is 0 Å². The summed E-state index contributed by atoms with van der Waals surface area (Å²) in [5.41, 5.74) is 0.806. The van der Waals surface area contributed by atoms with Gasteiger partial charge in [0.15, 0.2) is 0 Å². The highest BCUT2D eigenvalue weighted by Crippen LogP contribution is 2.23. The van der Waals surface area contributed by atoms with E-state index in [2.05, 4.69) is 15.3 Å². The quantitative estimate of drug-likeness (QED) is 0.646. The number of nitro groups is 1. The summed E-state index contributed by atoms with van der Waals surface area (Å²) >= 11 is 0. The van der Waals surface area contributed by atoms with E-state index in [-0.39, 0.29) is 5.82 Å². The molecule has 8 heteroatoms. The van der Waals surface area contributed by atoms with Crippen molar-refractivity contribution in [2.24, 2.45) is 7.05 Å². The highest BCUT2D eigenvalue weighted by atomic mass is 16.6. The second-order valence-electron chi connectivity index (χ2n) is 3.81. The SMILES string of the molecule is COc1ncccc1CNc1c([N+](=O)[O-])ncn1C. The number of pyridine rings is 1. The number of nitrogens with one attached hydrogen (secondary N) is 1. The van der Waals surface area contributed by atoms with Crippen LogP contribution in [0.1, 0.15) is 5.56 Å². The molecule has 0 aliphatic heterocycles. The summed E-state index contributed by atoms with van der Waals surface area (Å²) in [6.07, 6.45) is 3.01. The van der Waals surface area contributed by atoms with E-state index in [0.29, 0.717) is 18.2 Å². The lowest BCUT2D eigenvalue weighted by atomic mass is 10.2. The van der Waals surface area contributed by atoms with E-state index in [1.807, 2.05) is 6.07 Å². The van der Waals surface area contributed by atoms with E-state index in [0.717, 1.165) is 5.56 Å². The van der Waals surface area contributed by atoms with E-state index in [1.165, 1.54) is 13.4 Å². The average molecular weight is 263 g/mol. The fraction of sp³-hybridized carbons (Fsp3) is 0.273. The molecule has 0 unspecified atom stereocenters. The van der Waals surface area contributed by atoms with Gasteiger partial charge in [0.2, 0.25) is 18.0 Å². The van der Waals surface area contributed by atoms with Gasteiger partial charge in [0.1, 0.15) is 0 Å². The zero-order valence-corrected chi connectivity index (χ0v) is 10.5. The summed E-state index contributed by atoms with van der Waals surface area (Å²) in [7, 11) is 3.21. The molecule has 2 aromatic heterocycles. The Labute approximate surface area is 109 Å². The first-order valence-corrected chi connectivity index (χ1v) is 5.51. The van der Waals surface area contributed by atoms with Crippen LogP contribution in [0.3, 0.4) is 0 Å². The van der Waals surface area contributed by atoms with Crippen molar-refractivity contribution >= 4 is 11.6 Å². The normalized spacial score (nSPS) is 10.2. The third-order valence-electron chi connectivity index (χ3n) is 2.58. The third-order valence-corrected chi connectivity index (χ3v) is 2.58. The Bertz CT molecular complexity index is 596. The highest BCUT2D eigenvalue weighted by Gasteiger charge is 2.19. The van der Waals surface area contributed by atoms with E-state index in [4.69, 9.17) is 4.74 Å². The average Bonchev–Trinajstić information content (AvgIpc) is 2.78. The molecular weight excluding hydrogens is 250 g/mol. The highest BCUT2D eigenvalue weighted by molar-refractivity contribution is 5.52. The van der Waals surface area contributed by atoms with Crippen molar-refractivity contribution in [2.45, 2.75) is 6.54 Å². The van der Waals surface area contributed by atoms with E-state index in [1.54, 1.807) is 23.9 Å². The van der Waals surface area contributed by atoms with Crippen molar-refractivity contribution in [3.63, 3.8) is 0 Å². The molecule has 0 fully saturated rings. The number of methoxy groups -OCH3 is 1. The number of aryl methyl sites for hydroxylation is 1. The van der Waals surface area contributed by atoms with Gasteiger partial charge < -0.3 is 20.2 Å². The molecule has 2 aromatic rings. The van der Waals surface area contributed by atoms with Gasteiger partial charge >= 0.3 is 5.82 Å². The summed E-state index contributed by atoms with van der Waals surface area (Å²) < 4.78 is 6.67. The van der Waals surface area contributed by atoms with Crippen molar-refractivity contribution < 1.29 is 9.66 Å². The van der Waals surface area contributed by atoms with Gasteiger partial charge in [0, 0.05) is 25.4 Å². The van der Waals surface area contributed by atoms with Gasteiger partial charge in [0.25, 0.3) is 0 Å². The van der Waals surface area contributed by atoms with Gasteiger partial charge in [-0.05, 0) is 16.0 Å². The van der Waals surface area contributed by atoms with Gasteiger partial charge in [-0.25, -0.2) is 4.98 Å². The molecule has 0 saturated heterocycles. The third kappa shape index (κ3) is 2.62. The summed E-state index contributed by atoms with van der Waals surface area (Å²) in [5, 5.41) is 13.8. The van der Waals surface area contributed by atoms with Crippen molar-refractivity contribution in [3.8, 4) is 5.88 Å². The molecule has 0 aliphatic carbocycles. The smallest absolute Gasteiger partial charge is 0.406 e. The van der Waals surface area contributed by atoms with Crippen LogP contribution in [0.5, 0.6) is 5.88 Å². The Morgan fingerprint density at radius 2 is 2.32 bits per heavy atom. The summed E-state index contributed by atoms with van der Waals surface area (Å²) in [6.45, 7) is 0.359. The number of aromatic nitrogens is 3. The van der Waals surface area contributed by atoms with Gasteiger partial charge in [-0.3, -0.25) is 4.57 Å². The second-order valence-corrected chi connectivity index (χ2v) is 3.81. The summed E-state index contributed by atoms with van der Waals surface area (Å²) in [6, 6.07) is 3.61. The number of nitrogens with zero attached hydrogens (tertiary/aromatic N) is 4. The van der Waals surface area contributed by atoms with Crippen molar-refractivity contribution in [2.75, 3.05) is 12.4 Å². The molecule has 0 saturated carbocycles. The predicted molar refractivity (Wildman–Crippen MR) is 68.0 cm³/mol. The Morgan fingerprint density at radius 3 is 3.00 bits per heavy atom. The number of hydrogen-bond acceptors (Lipinski definition) is 6. The van der Waals surface area contributed by atoms with Gasteiger partial charge in [-0.1, -0.05) is 6.07 Å². The van der Waals surface area contributed by atoms with Crippen LogP contribution in [0.15, 0.2) is 24.7 Å². The first-order valence-electron chi connectivity index (χ1n) is 5.51. The molecule has 0 radical (unpaired) electrons. The van der Waals surface area contributed by atoms with Crippen LogP contribution in [-0.4, -0.2) is 26.6 Å². The van der Waals surface area contributed by atoms with E-state index >= 15 is 0 Å². The zero-order chi connectivity index (χ0) is 13.8. The lowest BCUT2D eigenvalue weighted by molar-refractivity contribution is -0.388. The molecule has 0 bridgehead atoms. The maximum Gasteiger partial charge on any atom is 0.406 e. The fourth-order valence-electron chi connectivity index (χ4n) is 1.68. The van der Waals surface area contributed by atoms with Crippen LogP contribution >= 0.6 is 0 Å². The maximum atomic E-state index is 10.8. The first kappa shape index (κ1) is 12.8. The fourth-order valence-corrected chi connectivity index (χ4v) is 1.68.